The molecule has 2 aliphatic rings. The van der Waals surface area contributed by atoms with E-state index in [1.807, 2.05) is 0 Å². The van der Waals surface area contributed by atoms with Crippen LogP contribution in [-0.2, 0) is 0 Å². The van der Waals surface area contributed by atoms with Crippen molar-refractivity contribution in [2.24, 2.45) is 11.7 Å². The number of rotatable bonds is 5. The minimum absolute atomic E-state index is 0.230. The van der Waals surface area contributed by atoms with Crippen LogP contribution in [0.15, 0.2) is 0 Å². The SMILES string of the molecule is CCC1CCC(N(C)C2(CN)CCN(C(C)C)C2)CC1. The molecule has 1 atom stereocenters. The summed E-state index contributed by atoms with van der Waals surface area (Å²) in [4.78, 5) is 5.27. The van der Waals surface area contributed by atoms with Crippen molar-refractivity contribution in [3.05, 3.63) is 0 Å². The van der Waals surface area contributed by atoms with Crippen molar-refractivity contribution in [1.29, 1.82) is 0 Å². The van der Waals surface area contributed by atoms with Crippen LogP contribution in [0.1, 0.15) is 59.3 Å². The van der Waals surface area contributed by atoms with Gasteiger partial charge in [-0.05, 0) is 58.9 Å². The summed E-state index contributed by atoms with van der Waals surface area (Å²) in [6.07, 6.45) is 8.18. The van der Waals surface area contributed by atoms with Gasteiger partial charge < -0.3 is 5.73 Å². The van der Waals surface area contributed by atoms with Crippen LogP contribution in [0.25, 0.3) is 0 Å². The maximum Gasteiger partial charge on any atom is 0.0470 e. The predicted molar refractivity (Wildman–Crippen MR) is 86.9 cm³/mol. The molecule has 0 aromatic heterocycles. The molecule has 3 nitrogen and oxygen atoms in total. The van der Waals surface area contributed by atoms with Crippen molar-refractivity contribution in [3.63, 3.8) is 0 Å². The summed E-state index contributed by atoms with van der Waals surface area (Å²) in [7, 11) is 2.34. The van der Waals surface area contributed by atoms with E-state index >= 15 is 0 Å². The maximum absolute atomic E-state index is 6.22. The normalized spacial score (nSPS) is 36.1. The Morgan fingerprint density at radius 1 is 1.25 bits per heavy atom. The molecule has 1 aliphatic carbocycles. The lowest BCUT2D eigenvalue weighted by atomic mass is 9.82. The van der Waals surface area contributed by atoms with E-state index in [0.29, 0.717) is 6.04 Å². The molecule has 1 saturated heterocycles. The molecule has 1 aliphatic heterocycles. The van der Waals surface area contributed by atoms with Crippen LogP contribution in [0.5, 0.6) is 0 Å². The zero-order chi connectivity index (χ0) is 14.8. The fraction of sp³-hybridized carbons (Fsp3) is 1.00. The summed E-state index contributed by atoms with van der Waals surface area (Å²) in [5.74, 6) is 0.976. The number of likely N-dealkylation sites (tertiary alicyclic amines) is 1. The quantitative estimate of drug-likeness (QED) is 0.841. The first-order chi connectivity index (χ1) is 9.52. The molecule has 20 heavy (non-hydrogen) atoms. The van der Waals surface area contributed by atoms with Crippen LogP contribution in [0.4, 0.5) is 0 Å². The van der Waals surface area contributed by atoms with Gasteiger partial charge in [0.15, 0.2) is 0 Å². The number of nitrogens with two attached hydrogens (primary N) is 1. The van der Waals surface area contributed by atoms with Gasteiger partial charge in [-0.3, -0.25) is 9.80 Å². The van der Waals surface area contributed by atoms with Crippen LogP contribution in [0.3, 0.4) is 0 Å². The molecule has 2 rings (SSSR count). The average molecular weight is 281 g/mol. The molecule has 2 N–H and O–H groups in total. The van der Waals surface area contributed by atoms with Gasteiger partial charge in [-0.1, -0.05) is 13.3 Å². The molecule has 1 saturated carbocycles. The molecule has 3 heteroatoms. The zero-order valence-corrected chi connectivity index (χ0v) is 14.1. The largest absolute Gasteiger partial charge is 0.329 e. The molecule has 0 amide bonds. The standard InChI is InChI=1S/C17H35N3/c1-5-15-6-8-16(9-7-15)19(4)17(12-18)10-11-20(13-17)14(2)3/h14-16H,5-13,18H2,1-4H3. The summed E-state index contributed by atoms with van der Waals surface area (Å²) in [5, 5.41) is 0. The highest BCUT2D eigenvalue weighted by atomic mass is 15.3. The van der Waals surface area contributed by atoms with E-state index in [2.05, 4.69) is 37.6 Å². The van der Waals surface area contributed by atoms with Crippen molar-refractivity contribution in [3.8, 4) is 0 Å². The molecule has 0 aromatic carbocycles. The highest BCUT2D eigenvalue weighted by molar-refractivity contribution is 5.02. The molecule has 2 fully saturated rings. The first-order valence-electron chi connectivity index (χ1n) is 8.69. The Morgan fingerprint density at radius 3 is 2.35 bits per heavy atom. The third-order valence-electron chi connectivity index (χ3n) is 6.16. The predicted octanol–water partition coefficient (Wildman–Crippen LogP) is 2.70. The van der Waals surface area contributed by atoms with Crippen molar-refractivity contribution >= 4 is 0 Å². The summed E-state index contributed by atoms with van der Waals surface area (Å²) in [6.45, 7) is 10.1. The molecule has 118 valence electrons. The second-order valence-electron chi connectivity index (χ2n) is 7.44. The van der Waals surface area contributed by atoms with E-state index in [-0.39, 0.29) is 5.54 Å². The number of hydrogen-bond acceptors (Lipinski definition) is 3. The fourth-order valence-corrected chi connectivity index (χ4v) is 4.25. The van der Waals surface area contributed by atoms with Crippen LogP contribution in [-0.4, -0.2) is 54.1 Å². The monoisotopic (exact) mass is 281 g/mol. The van der Waals surface area contributed by atoms with Crippen molar-refractivity contribution < 1.29 is 0 Å². The molecular formula is C17H35N3. The number of likely N-dealkylation sites (N-methyl/N-ethyl adjacent to an activating group) is 1. The van der Waals surface area contributed by atoms with Gasteiger partial charge >= 0.3 is 0 Å². The van der Waals surface area contributed by atoms with Crippen molar-refractivity contribution in [2.45, 2.75) is 76.9 Å². The summed E-state index contributed by atoms with van der Waals surface area (Å²) < 4.78 is 0. The van der Waals surface area contributed by atoms with Gasteiger partial charge in [0.25, 0.3) is 0 Å². The van der Waals surface area contributed by atoms with Gasteiger partial charge in [0, 0.05) is 37.3 Å². The Kier molecular flexibility index (Phi) is 5.49. The highest BCUT2D eigenvalue weighted by Gasteiger charge is 2.43. The third kappa shape index (κ3) is 3.20. The second-order valence-corrected chi connectivity index (χ2v) is 7.44. The van der Waals surface area contributed by atoms with Crippen molar-refractivity contribution in [1.82, 2.24) is 9.80 Å². The van der Waals surface area contributed by atoms with Gasteiger partial charge in [-0.15, -0.1) is 0 Å². The Morgan fingerprint density at radius 2 is 1.90 bits per heavy atom. The lowest BCUT2D eigenvalue weighted by molar-refractivity contribution is 0.0509. The number of hydrogen-bond donors (Lipinski definition) is 1. The molecule has 0 bridgehead atoms. The van der Waals surface area contributed by atoms with E-state index in [1.54, 1.807) is 0 Å². The topological polar surface area (TPSA) is 32.5 Å². The third-order valence-corrected chi connectivity index (χ3v) is 6.16. The first kappa shape index (κ1) is 16.3. The van der Waals surface area contributed by atoms with E-state index in [0.717, 1.165) is 25.0 Å². The molecule has 0 radical (unpaired) electrons. The van der Waals surface area contributed by atoms with Crippen LogP contribution < -0.4 is 5.73 Å². The summed E-state index contributed by atoms with van der Waals surface area (Å²) >= 11 is 0. The Labute approximate surface area is 125 Å². The molecular weight excluding hydrogens is 246 g/mol. The second kappa shape index (κ2) is 6.76. The zero-order valence-electron chi connectivity index (χ0n) is 14.1. The van der Waals surface area contributed by atoms with E-state index < -0.39 is 0 Å². The lowest BCUT2D eigenvalue weighted by Crippen LogP contribution is -2.58. The maximum atomic E-state index is 6.22. The van der Waals surface area contributed by atoms with Crippen LogP contribution in [0.2, 0.25) is 0 Å². The summed E-state index contributed by atoms with van der Waals surface area (Å²) in [6, 6.07) is 1.40. The van der Waals surface area contributed by atoms with E-state index in [4.69, 9.17) is 5.73 Å². The van der Waals surface area contributed by atoms with Gasteiger partial charge in [-0.25, -0.2) is 0 Å². The van der Waals surface area contributed by atoms with Gasteiger partial charge in [0.1, 0.15) is 0 Å². The van der Waals surface area contributed by atoms with Crippen molar-refractivity contribution in [2.75, 3.05) is 26.7 Å². The minimum Gasteiger partial charge on any atom is -0.329 e. The highest BCUT2D eigenvalue weighted by Crippen LogP contribution is 2.35. The van der Waals surface area contributed by atoms with Crippen LogP contribution >= 0.6 is 0 Å². The Hall–Kier alpha value is -0.120. The Balaban J connectivity index is 1.98. The summed E-state index contributed by atoms with van der Waals surface area (Å²) in [5.41, 5.74) is 6.45. The Bertz CT molecular complexity index is 297. The van der Waals surface area contributed by atoms with Crippen LogP contribution in [0, 0.1) is 5.92 Å². The lowest BCUT2D eigenvalue weighted by Gasteiger charge is -2.45. The van der Waals surface area contributed by atoms with Gasteiger partial charge in [0.2, 0.25) is 0 Å². The average Bonchev–Trinajstić information content (AvgIpc) is 2.92. The molecule has 1 heterocycles. The van der Waals surface area contributed by atoms with E-state index in [9.17, 15) is 0 Å². The fourth-order valence-electron chi connectivity index (χ4n) is 4.25. The minimum atomic E-state index is 0.230. The molecule has 1 unspecified atom stereocenters. The first-order valence-corrected chi connectivity index (χ1v) is 8.69. The van der Waals surface area contributed by atoms with Gasteiger partial charge in [0.05, 0.1) is 0 Å². The molecule has 0 spiro atoms. The number of nitrogens with zero attached hydrogens (tertiary/aromatic N) is 2. The smallest absolute Gasteiger partial charge is 0.0470 e. The van der Waals surface area contributed by atoms with E-state index in [1.165, 1.54) is 45.1 Å². The van der Waals surface area contributed by atoms with Gasteiger partial charge in [-0.2, -0.15) is 0 Å². The molecule has 0 aromatic rings.